The molecule has 0 aliphatic rings. The minimum Gasteiger partial charge on any atom is -0.481 e. The third kappa shape index (κ3) is 3.94. The van der Waals surface area contributed by atoms with Crippen molar-refractivity contribution in [2.45, 2.75) is 27.2 Å². The molecule has 0 aliphatic carbocycles. The molecule has 0 aromatic carbocycles. The first-order valence-corrected chi connectivity index (χ1v) is 7.67. The number of carbonyl (C=O) groups is 2. The van der Waals surface area contributed by atoms with Gasteiger partial charge in [0.1, 0.15) is 5.76 Å². The van der Waals surface area contributed by atoms with E-state index in [2.05, 4.69) is 10.3 Å². The second-order valence-electron chi connectivity index (χ2n) is 5.70. The maximum atomic E-state index is 11.9. The van der Waals surface area contributed by atoms with Crippen molar-refractivity contribution in [3.63, 3.8) is 0 Å². The van der Waals surface area contributed by atoms with Gasteiger partial charge < -0.3 is 14.8 Å². The van der Waals surface area contributed by atoms with E-state index in [1.165, 1.54) is 11.3 Å². The number of amides is 1. The highest BCUT2D eigenvalue weighted by atomic mass is 32.1. The van der Waals surface area contributed by atoms with Crippen molar-refractivity contribution in [1.82, 2.24) is 10.3 Å². The highest BCUT2D eigenvalue weighted by Crippen LogP contribution is 2.25. The lowest BCUT2D eigenvalue weighted by molar-refractivity contribution is -0.146. The van der Waals surface area contributed by atoms with Crippen LogP contribution in [0.4, 0.5) is 0 Å². The summed E-state index contributed by atoms with van der Waals surface area (Å²) in [5, 5.41) is 14.2. The van der Waals surface area contributed by atoms with Crippen molar-refractivity contribution in [1.29, 1.82) is 0 Å². The number of hydrogen-bond acceptors (Lipinski definition) is 5. The quantitative estimate of drug-likeness (QED) is 0.852. The number of aromatic nitrogens is 1. The average Bonchev–Trinajstić information content (AvgIpc) is 3.05. The minimum absolute atomic E-state index is 0.0789. The zero-order valence-corrected chi connectivity index (χ0v) is 13.5. The van der Waals surface area contributed by atoms with Gasteiger partial charge in [0, 0.05) is 11.9 Å². The van der Waals surface area contributed by atoms with Gasteiger partial charge in [0.15, 0.2) is 10.8 Å². The van der Waals surface area contributed by atoms with Crippen molar-refractivity contribution in [2.24, 2.45) is 5.41 Å². The Balaban J connectivity index is 1.93. The Bertz CT molecular complexity index is 687. The molecular formula is C15H18N2O4S. The smallest absolute Gasteiger partial charge is 0.310 e. The summed E-state index contributed by atoms with van der Waals surface area (Å²) < 4.78 is 5.49. The van der Waals surface area contributed by atoms with Crippen LogP contribution in [0.15, 0.2) is 21.9 Å². The molecule has 0 spiro atoms. The number of aryl methyl sites for hydroxylation is 1. The number of carboxylic acids is 1. The van der Waals surface area contributed by atoms with Crippen LogP contribution in [0.25, 0.3) is 10.8 Å². The number of nitrogens with one attached hydrogen (secondary N) is 1. The number of carbonyl (C=O) groups excluding carboxylic acids is 1. The van der Waals surface area contributed by atoms with Gasteiger partial charge in [-0.25, -0.2) is 4.98 Å². The van der Waals surface area contributed by atoms with Gasteiger partial charge in [-0.2, -0.15) is 0 Å². The van der Waals surface area contributed by atoms with Crippen LogP contribution in [0.3, 0.4) is 0 Å². The minimum atomic E-state index is -0.991. The fourth-order valence-corrected chi connectivity index (χ4v) is 2.45. The average molecular weight is 322 g/mol. The maximum absolute atomic E-state index is 11.9. The molecular weight excluding hydrogens is 304 g/mol. The molecule has 7 heteroatoms. The Labute approximate surface area is 132 Å². The summed E-state index contributed by atoms with van der Waals surface area (Å²) >= 11 is 1.41. The molecule has 1 amide bonds. The van der Waals surface area contributed by atoms with E-state index < -0.39 is 11.4 Å². The molecule has 0 saturated carbocycles. The van der Waals surface area contributed by atoms with Gasteiger partial charge in [0.25, 0.3) is 0 Å². The summed E-state index contributed by atoms with van der Waals surface area (Å²) in [6, 6.07) is 3.70. The molecule has 2 aromatic rings. The van der Waals surface area contributed by atoms with Crippen molar-refractivity contribution < 1.29 is 19.1 Å². The van der Waals surface area contributed by atoms with Crippen LogP contribution in [0, 0.1) is 12.3 Å². The van der Waals surface area contributed by atoms with E-state index in [0.29, 0.717) is 11.5 Å². The van der Waals surface area contributed by atoms with Crippen molar-refractivity contribution >= 4 is 23.2 Å². The topological polar surface area (TPSA) is 92.4 Å². The van der Waals surface area contributed by atoms with E-state index in [-0.39, 0.29) is 18.9 Å². The predicted molar refractivity (Wildman–Crippen MR) is 82.7 cm³/mol. The lowest BCUT2D eigenvalue weighted by Crippen LogP contribution is -2.39. The van der Waals surface area contributed by atoms with E-state index in [1.54, 1.807) is 19.2 Å². The lowest BCUT2D eigenvalue weighted by atomic mass is 9.94. The number of rotatable bonds is 6. The van der Waals surface area contributed by atoms with E-state index in [0.717, 1.165) is 10.8 Å². The Morgan fingerprint density at radius 1 is 1.41 bits per heavy atom. The summed E-state index contributed by atoms with van der Waals surface area (Å²) in [6.07, 6.45) is 0.117. The Morgan fingerprint density at radius 2 is 2.14 bits per heavy atom. The second kappa shape index (κ2) is 6.31. The predicted octanol–water partition coefficient (Wildman–Crippen LogP) is 2.48. The second-order valence-corrected chi connectivity index (χ2v) is 6.55. The standard InChI is InChI=1S/C15H18N2O4S/c1-9-4-5-11(21-9)13-17-10(7-22-13)6-12(18)16-8-15(2,3)14(19)20/h4-5,7H,6,8H2,1-3H3,(H,16,18)(H,19,20). The van der Waals surface area contributed by atoms with Crippen molar-refractivity contribution in [2.75, 3.05) is 6.54 Å². The Hall–Kier alpha value is -2.15. The molecule has 22 heavy (non-hydrogen) atoms. The van der Waals surface area contributed by atoms with Crippen molar-refractivity contribution in [3.8, 4) is 10.8 Å². The fraction of sp³-hybridized carbons (Fsp3) is 0.400. The third-order valence-electron chi connectivity index (χ3n) is 3.15. The monoisotopic (exact) mass is 322 g/mol. The zero-order valence-electron chi connectivity index (χ0n) is 12.7. The SMILES string of the molecule is Cc1ccc(-c2nc(CC(=O)NCC(C)(C)C(=O)O)cs2)o1. The fourth-order valence-electron chi connectivity index (χ4n) is 1.67. The summed E-state index contributed by atoms with van der Waals surface area (Å²) in [4.78, 5) is 27.2. The number of furan rings is 1. The van der Waals surface area contributed by atoms with Crippen LogP contribution >= 0.6 is 11.3 Å². The van der Waals surface area contributed by atoms with E-state index in [9.17, 15) is 9.59 Å². The molecule has 6 nitrogen and oxygen atoms in total. The van der Waals surface area contributed by atoms with Gasteiger partial charge in [-0.1, -0.05) is 0 Å². The summed E-state index contributed by atoms with van der Waals surface area (Å²) in [5.74, 6) is 0.292. The third-order valence-corrected chi connectivity index (χ3v) is 4.06. The molecule has 118 valence electrons. The molecule has 2 aromatic heterocycles. The molecule has 0 unspecified atom stereocenters. The van der Waals surface area contributed by atoms with Gasteiger partial charge in [-0.15, -0.1) is 11.3 Å². The molecule has 2 N–H and O–H groups in total. The Kier molecular flexibility index (Phi) is 4.65. The highest BCUT2D eigenvalue weighted by Gasteiger charge is 2.27. The zero-order chi connectivity index (χ0) is 16.3. The molecule has 2 heterocycles. The number of carboxylic acid groups (broad SMARTS) is 1. The molecule has 0 aliphatic heterocycles. The largest absolute Gasteiger partial charge is 0.481 e. The summed E-state index contributed by atoms with van der Waals surface area (Å²) in [7, 11) is 0. The lowest BCUT2D eigenvalue weighted by Gasteiger charge is -2.19. The first kappa shape index (κ1) is 16.2. The first-order valence-electron chi connectivity index (χ1n) is 6.79. The van der Waals surface area contributed by atoms with Crippen LogP contribution in [0.5, 0.6) is 0 Å². The van der Waals surface area contributed by atoms with Gasteiger partial charge in [0.2, 0.25) is 5.91 Å². The molecule has 0 radical (unpaired) electrons. The van der Waals surface area contributed by atoms with Gasteiger partial charge in [-0.05, 0) is 32.9 Å². The van der Waals surface area contributed by atoms with Crippen LogP contribution in [0.2, 0.25) is 0 Å². The highest BCUT2D eigenvalue weighted by molar-refractivity contribution is 7.13. The molecule has 2 rings (SSSR count). The summed E-state index contributed by atoms with van der Waals surface area (Å²) in [6.45, 7) is 5.07. The van der Waals surface area contributed by atoms with E-state index in [1.807, 2.05) is 19.1 Å². The first-order chi connectivity index (χ1) is 10.3. The maximum Gasteiger partial charge on any atom is 0.310 e. The van der Waals surface area contributed by atoms with Gasteiger partial charge in [0.05, 0.1) is 17.5 Å². The normalized spacial score (nSPS) is 11.4. The number of hydrogen-bond donors (Lipinski definition) is 2. The molecule has 0 fully saturated rings. The van der Waals surface area contributed by atoms with Crippen LogP contribution < -0.4 is 5.32 Å². The molecule has 0 saturated heterocycles. The Morgan fingerprint density at radius 3 is 2.73 bits per heavy atom. The molecule has 0 atom stereocenters. The van der Waals surface area contributed by atoms with Crippen LogP contribution in [-0.4, -0.2) is 28.5 Å². The summed E-state index contributed by atoms with van der Waals surface area (Å²) in [5.41, 5.74) is -0.353. The van der Waals surface area contributed by atoms with Crippen molar-refractivity contribution in [3.05, 3.63) is 29.0 Å². The van der Waals surface area contributed by atoms with Crippen LogP contribution in [-0.2, 0) is 16.0 Å². The number of thiazole rings is 1. The number of nitrogens with zero attached hydrogens (tertiary/aromatic N) is 1. The molecule has 0 bridgehead atoms. The van der Waals surface area contributed by atoms with E-state index in [4.69, 9.17) is 9.52 Å². The van der Waals surface area contributed by atoms with E-state index >= 15 is 0 Å². The van der Waals surface area contributed by atoms with Gasteiger partial charge in [-0.3, -0.25) is 9.59 Å². The number of aliphatic carboxylic acids is 1. The van der Waals surface area contributed by atoms with Gasteiger partial charge >= 0.3 is 5.97 Å². The van der Waals surface area contributed by atoms with Crippen LogP contribution in [0.1, 0.15) is 25.3 Å².